The van der Waals surface area contributed by atoms with Gasteiger partial charge in [-0.3, -0.25) is 0 Å². The predicted octanol–water partition coefficient (Wildman–Crippen LogP) is 2.77. The van der Waals surface area contributed by atoms with Gasteiger partial charge in [-0.2, -0.15) is 0 Å². The number of nitrogens with zero attached hydrogens (tertiary/aromatic N) is 1. The molecule has 0 spiro atoms. The first-order valence-electron chi connectivity index (χ1n) is 9.15. The highest BCUT2D eigenvalue weighted by atomic mass is 16.6. The van der Waals surface area contributed by atoms with Crippen molar-refractivity contribution in [1.82, 2.24) is 10.2 Å². The molecular weight excluding hydrogens is 292 g/mol. The first-order chi connectivity index (χ1) is 10.8. The molecular formula is C18H34N2O3. The number of ether oxygens (including phenoxy) is 1. The third-order valence-corrected chi connectivity index (χ3v) is 5.19. The van der Waals surface area contributed by atoms with Gasteiger partial charge >= 0.3 is 6.09 Å². The monoisotopic (exact) mass is 326 g/mol. The van der Waals surface area contributed by atoms with E-state index in [1.165, 1.54) is 6.42 Å². The van der Waals surface area contributed by atoms with Gasteiger partial charge in [0.15, 0.2) is 0 Å². The van der Waals surface area contributed by atoms with Gasteiger partial charge in [-0.1, -0.05) is 6.42 Å². The Balaban J connectivity index is 1.86. The average Bonchev–Trinajstić information content (AvgIpc) is 2.92. The Kier molecular flexibility index (Phi) is 6.32. The molecule has 1 saturated heterocycles. The second-order valence-electron chi connectivity index (χ2n) is 8.26. The Bertz CT molecular complexity index is 394. The van der Waals surface area contributed by atoms with Gasteiger partial charge < -0.3 is 20.1 Å². The van der Waals surface area contributed by atoms with E-state index in [0.717, 1.165) is 38.8 Å². The fourth-order valence-electron chi connectivity index (χ4n) is 3.86. The molecule has 0 bridgehead atoms. The van der Waals surface area contributed by atoms with Crippen molar-refractivity contribution in [2.45, 2.75) is 77.5 Å². The van der Waals surface area contributed by atoms with Crippen LogP contribution in [0.2, 0.25) is 0 Å². The van der Waals surface area contributed by atoms with Crippen LogP contribution in [0.25, 0.3) is 0 Å². The molecule has 1 aliphatic heterocycles. The molecule has 4 atom stereocenters. The molecule has 0 aromatic rings. The number of carbonyl (C=O) groups is 1. The van der Waals surface area contributed by atoms with Gasteiger partial charge in [0.1, 0.15) is 5.60 Å². The molecule has 0 aromatic heterocycles. The fourth-order valence-corrected chi connectivity index (χ4v) is 3.86. The number of hydrogen-bond donors (Lipinski definition) is 2. The summed E-state index contributed by atoms with van der Waals surface area (Å²) in [7, 11) is 0. The lowest BCUT2D eigenvalue weighted by Crippen LogP contribution is -2.50. The maximum Gasteiger partial charge on any atom is 0.410 e. The van der Waals surface area contributed by atoms with Crippen molar-refractivity contribution in [3.05, 3.63) is 0 Å². The van der Waals surface area contributed by atoms with Crippen molar-refractivity contribution in [2.24, 2.45) is 11.8 Å². The van der Waals surface area contributed by atoms with Gasteiger partial charge in [-0.05, 0) is 65.2 Å². The van der Waals surface area contributed by atoms with E-state index in [1.54, 1.807) is 0 Å². The summed E-state index contributed by atoms with van der Waals surface area (Å²) < 4.78 is 5.51. The van der Waals surface area contributed by atoms with E-state index in [2.05, 4.69) is 12.2 Å². The normalized spacial score (nSPS) is 30.3. The molecule has 1 saturated carbocycles. The Hall–Kier alpha value is -0.810. The number of hydrogen-bond acceptors (Lipinski definition) is 4. The molecule has 1 aliphatic carbocycles. The van der Waals surface area contributed by atoms with E-state index < -0.39 is 5.60 Å². The van der Waals surface area contributed by atoms with E-state index in [9.17, 15) is 9.90 Å². The lowest BCUT2D eigenvalue weighted by atomic mass is 9.90. The zero-order valence-electron chi connectivity index (χ0n) is 15.2. The summed E-state index contributed by atoms with van der Waals surface area (Å²) in [6.45, 7) is 9.78. The molecule has 5 nitrogen and oxygen atoms in total. The van der Waals surface area contributed by atoms with Gasteiger partial charge in [0.05, 0.1) is 0 Å². The molecule has 4 unspecified atom stereocenters. The van der Waals surface area contributed by atoms with Crippen LogP contribution in [0.1, 0.15) is 59.8 Å². The van der Waals surface area contributed by atoms with Crippen molar-refractivity contribution in [3.8, 4) is 0 Å². The van der Waals surface area contributed by atoms with Crippen LogP contribution >= 0.6 is 0 Å². The van der Waals surface area contributed by atoms with Gasteiger partial charge in [0.2, 0.25) is 0 Å². The minimum Gasteiger partial charge on any atom is -0.444 e. The van der Waals surface area contributed by atoms with E-state index >= 15 is 0 Å². The van der Waals surface area contributed by atoms with Crippen molar-refractivity contribution in [2.75, 3.05) is 19.7 Å². The summed E-state index contributed by atoms with van der Waals surface area (Å²) in [6.07, 6.45) is 5.45. The van der Waals surface area contributed by atoms with Gasteiger partial charge in [0, 0.05) is 31.8 Å². The standard InChI is InChI=1S/C18H34N2O3/c1-13(19-16-9-5-7-15(16)12-21)14-8-6-10-20(11-14)17(22)23-18(2,3)4/h13-16,19,21H,5-12H2,1-4H3. The smallest absolute Gasteiger partial charge is 0.410 e. The molecule has 2 aliphatic rings. The number of likely N-dealkylation sites (tertiary alicyclic amines) is 1. The van der Waals surface area contributed by atoms with Crippen LogP contribution in [0, 0.1) is 11.8 Å². The third kappa shape index (κ3) is 5.35. The summed E-state index contributed by atoms with van der Waals surface area (Å²) in [6, 6.07) is 0.782. The maximum absolute atomic E-state index is 12.3. The van der Waals surface area contributed by atoms with Gasteiger partial charge in [-0.15, -0.1) is 0 Å². The molecule has 23 heavy (non-hydrogen) atoms. The molecule has 2 rings (SSSR count). The topological polar surface area (TPSA) is 61.8 Å². The van der Waals surface area contributed by atoms with Crippen molar-refractivity contribution in [3.63, 3.8) is 0 Å². The first-order valence-corrected chi connectivity index (χ1v) is 9.15. The highest BCUT2D eigenvalue weighted by Crippen LogP contribution is 2.28. The summed E-state index contributed by atoms with van der Waals surface area (Å²) in [5, 5.41) is 13.2. The lowest BCUT2D eigenvalue weighted by Gasteiger charge is -2.38. The molecule has 2 fully saturated rings. The molecule has 2 N–H and O–H groups in total. The largest absolute Gasteiger partial charge is 0.444 e. The summed E-state index contributed by atoms with van der Waals surface area (Å²) in [4.78, 5) is 14.1. The summed E-state index contributed by atoms with van der Waals surface area (Å²) >= 11 is 0. The predicted molar refractivity (Wildman–Crippen MR) is 91.3 cm³/mol. The molecule has 134 valence electrons. The zero-order valence-corrected chi connectivity index (χ0v) is 15.2. The Morgan fingerprint density at radius 1 is 1.30 bits per heavy atom. The minimum atomic E-state index is -0.438. The lowest BCUT2D eigenvalue weighted by molar-refractivity contribution is 0.0144. The van der Waals surface area contributed by atoms with E-state index in [1.807, 2.05) is 25.7 Å². The SMILES string of the molecule is CC(NC1CCCC1CO)C1CCCN(C(=O)OC(C)(C)C)C1. The van der Waals surface area contributed by atoms with E-state index in [4.69, 9.17) is 4.74 Å². The van der Waals surface area contributed by atoms with Crippen LogP contribution in [0.3, 0.4) is 0 Å². The number of aliphatic hydroxyl groups excluding tert-OH is 1. The highest BCUT2D eigenvalue weighted by Gasteiger charge is 2.33. The summed E-state index contributed by atoms with van der Waals surface area (Å²) in [5.41, 5.74) is -0.438. The number of nitrogens with one attached hydrogen (secondary N) is 1. The Labute approximate surface area is 140 Å². The Morgan fingerprint density at radius 3 is 2.70 bits per heavy atom. The van der Waals surface area contributed by atoms with E-state index in [-0.39, 0.29) is 12.7 Å². The molecule has 1 heterocycles. The van der Waals surface area contributed by atoms with Gasteiger partial charge in [-0.25, -0.2) is 4.79 Å². The zero-order chi connectivity index (χ0) is 17.0. The molecule has 1 amide bonds. The molecule has 0 radical (unpaired) electrons. The number of aliphatic hydroxyl groups is 1. The first kappa shape index (κ1) is 18.5. The van der Waals surface area contributed by atoms with Gasteiger partial charge in [0.25, 0.3) is 0 Å². The Morgan fingerprint density at radius 2 is 2.04 bits per heavy atom. The molecule has 0 aromatic carbocycles. The third-order valence-electron chi connectivity index (χ3n) is 5.19. The van der Waals surface area contributed by atoms with E-state index in [0.29, 0.717) is 23.9 Å². The number of rotatable bonds is 4. The number of carbonyl (C=O) groups excluding carboxylic acids is 1. The van der Waals surface area contributed by atoms with Crippen molar-refractivity contribution in [1.29, 1.82) is 0 Å². The van der Waals surface area contributed by atoms with Crippen molar-refractivity contribution >= 4 is 6.09 Å². The van der Waals surface area contributed by atoms with Crippen LogP contribution in [0.4, 0.5) is 4.79 Å². The maximum atomic E-state index is 12.3. The number of piperidine rings is 1. The second kappa shape index (κ2) is 7.84. The molecule has 5 heteroatoms. The van der Waals surface area contributed by atoms with Crippen molar-refractivity contribution < 1.29 is 14.6 Å². The quantitative estimate of drug-likeness (QED) is 0.834. The van der Waals surface area contributed by atoms with Crippen LogP contribution in [0.5, 0.6) is 0 Å². The fraction of sp³-hybridized carbons (Fsp3) is 0.944. The van der Waals surface area contributed by atoms with Crippen LogP contribution in [-0.4, -0.2) is 53.5 Å². The van der Waals surface area contributed by atoms with Crippen LogP contribution < -0.4 is 5.32 Å². The van der Waals surface area contributed by atoms with Crippen LogP contribution in [-0.2, 0) is 4.74 Å². The summed E-state index contributed by atoms with van der Waals surface area (Å²) in [5.74, 6) is 0.846. The highest BCUT2D eigenvalue weighted by molar-refractivity contribution is 5.68. The average molecular weight is 326 g/mol. The second-order valence-corrected chi connectivity index (χ2v) is 8.26. The van der Waals surface area contributed by atoms with Crippen LogP contribution in [0.15, 0.2) is 0 Å². The minimum absolute atomic E-state index is 0.191. The number of amides is 1.